The Balaban J connectivity index is 1.73. The van der Waals surface area contributed by atoms with Crippen LogP contribution in [0.2, 0.25) is 0 Å². The second-order valence-electron chi connectivity index (χ2n) is 6.86. The average Bonchev–Trinajstić information content (AvgIpc) is 2.82. The average molecular weight is 407 g/mol. The van der Waals surface area contributed by atoms with Crippen molar-refractivity contribution in [1.29, 1.82) is 0 Å². The molecule has 3 aromatic rings. The van der Waals surface area contributed by atoms with Crippen molar-refractivity contribution in [3.63, 3.8) is 0 Å². The van der Waals surface area contributed by atoms with E-state index in [4.69, 9.17) is 4.74 Å². The predicted octanol–water partition coefficient (Wildman–Crippen LogP) is 7.90. The molecule has 154 valence electrons. The van der Waals surface area contributed by atoms with E-state index in [1.807, 2.05) is 73.7 Å². The zero-order valence-corrected chi connectivity index (χ0v) is 18.0. The Kier molecular flexibility index (Phi) is 7.97. The second kappa shape index (κ2) is 11.3. The summed E-state index contributed by atoms with van der Waals surface area (Å²) in [4.78, 5) is 0. The van der Waals surface area contributed by atoms with Crippen LogP contribution in [0.15, 0.2) is 107 Å². The van der Waals surface area contributed by atoms with Crippen molar-refractivity contribution in [2.75, 3.05) is 6.61 Å². The van der Waals surface area contributed by atoms with Gasteiger partial charge in [-0.3, -0.25) is 0 Å². The molecule has 0 aliphatic heterocycles. The van der Waals surface area contributed by atoms with Crippen molar-refractivity contribution in [3.05, 3.63) is 108 Å². The van der Waals surface area contributed by atoms with Gasteiger partial charge in [0.25, 0.3) is 0 Å². The molecule has 0 radical (unpaired) electrons. The first-order valence-corrected chi connectivity index (χ1v) is 10.4. The van der Waals surface area contributed by atoms with Crippen molar-refractivity contribution in [3.8, 4) is 17.6 Å². The van der Waals surface area contributed by atoms with E-state index in [1.165, 1.54) is 0 Å². The summed E-state index contributed by atoms with van der Waals surface area (Å²) in [5.41, 5.74) is 5.58. The maximum absolute atomic E-state index is 5.44. The van der Waals surface area contributed by atoms with Gasteiger partial charge in [-0.25, -0.2) is 0 Å². The fraction of sp³-hybridized carbons (Fsp3) is 0.143. The van der Waals surface area contributed by atoms with E-state index >= 15 is 0 Å². The van der Waals surface area contributed by atoms with Crippen molar-refractivity contribution < 1.29 is 4.74 Å². The van der Waals surface area contributed by atoms with Crippen molar-refractivity contribution in [2.45, 2.75) is 20.3 Å². The van der Waals surface area contributed by atoms with Crippen LogP contribution in [0.3, 0.4) is 0 Å². The first kappa shape index (κ1) is 21.8. The first-order valence-electron chi connectivity index (χ1n) is 10.4. The van der Waals surface area contributed by atoms with Gasteiger partial charge >= 0.3 is 0 Å². The van der Waals surface area contributed by atoms with Gasteiger partial charge < -0.3 is 4.74 Å². The van der Waals surface area contributed by atoms with E-state index in [1.54, 1.807) is 0 Å². The van der Waals surface area contributed by atoms with E-state index < -0.39 is 0 Å². The number of ether oxygens (including phenoxy) is 1. The third-order valence-corrected chi connectivity index (χ3v) is 4.52. The standard InChI is InChI=1S/C28H26N2O/c1-4-22(3)21-25(24-9-7-6-8-10-24)14-11-23-12-15-26(16-13-23)29-30-27-17-19-28(20-18-27)31-5-2/h6-10,12-13,15-21H,3-5H2,1-2H3/b25-21-,30-29?. The monoisotopic (exact) mass is 406 g/mol. The van der Waals surface area contributed by atoms with Gasteiger partial charge in [-0.1, -0.05) is 61.2 Å². The maximum atomic E-state index is 5.44. The number of azo groups is 1. The molecule has 3 aromatic carbocycles. The van der Waals surface area contributed by atoms with Gasteiger partial charge in [-0.15, -0.1) is 0 Å². The topological polar surface area (TPSA) is 34.0 Å². The molecule has 0 aliphatic rings. The van der Waals surface area contributed by atoms with Gasteiger partial charge in [0.1, 0.15) is 5.75 Å². The Hall–Kier alpha value is -3.90. The molecule has 0 N–H and O–H groups in total. The highest BCUT2D eigenvalue weighted by atomic mass is 16.5. The van der Waals surface area contributed by atoms with E-state index in [0.717, 1.165) is 45.8 Å². The lowest BCUT2D eigenvalue weighted by atomic mass is 10.0. The molecule has 0 saturated carbocycles. The summed E-state index contributed by atoms with van der Waals surface area (Å²) in [5, 5.41) is 8.58. The molecule has 31 heavy (non-hydrogen) atoms. The molecule has 0 bridgehead atoms. The Bertz CT molecular complexity index is 1110. The zero-order valence-electron chi connectivity index (χ0n) is 18.0. The van der Waals surface area contributed by atoms with Crippen molar-refractivity contribution >= 4 is 16.9 Å². The molecule has 0 unspecified atom stereocenters. The minimum absolute atomic E-state index is 0.645. The van der Waals surface area contributed by atoms with Crippen LogP contribution in [-0.4, -0.2) is 6.61 Å². The van der Waals surface area contributed by atoms with Gasteiger partial charge in [-0.2, -0.15) is 10.2 Å². The maximum Gasteiger partial charge on any atom is 0.119 e. The van der Waals surface area contributed by atoms with Crippen LogP contribution in [0.5, 0.6) is 5.75 Å². The highest BCUT2D eigenvalue weighted by molar-refractivity contribution is 5.81. The summed E-state index contributed by atoms with van der Waals surface area (Å²) in [6, 6.07) is 25.5. The molecule has 0 spiro atoms. The van der Waals surface area contributed by atoms with Gasteiger partial charge in [-0.05, 0) is 73.5 Å². The minimum atomic E-state index is 0.645. The molecule has 0 atom stereocenters. The van der Waals surface area contributed by atoms with E-state index in [0.29, 0.717) is 6.61 Å². The lowest BCUT2D eigenvalue weighted by Gasteiger charge is -2.02. The largest absolute Gasteiger partial charge is 0.494 e. The second-order valence-corrected chi connectivity index (χ2v) is 6.86. The zero-order chi connectivity index (χ0) is 21.9. The predicted molar refractivity (Wildman–Crippen MR) is 129 cm³/mol. The quantitative estimate of drug-likeness (QED) is 0.223. The number of nitrogens with zero attached hydrogens (tertiary/aromatic N) is 2. The summed E-state index contributed by atoms with van der Waals surface area (Å²) in [5.74, 6) is 7.37. The van der Waals surface area contributed by atoms with Crippen molar-refractivity contribution in [1.82, 2.24) is 0 Å². The molecular formula is C28H26N2O. The van der Waals surface area contributed by atoms with Crippen LogP contribution in [0.4, 0.5) is 11.4 Å². The van der Waals surface area contributed by atoms with Crippen LogP contribution < -0.4 is 4.74 Å². The van der Waals surface area contributed by atoms with E-state index in [9.17, 15) is 0 Å². The Morgan fingerprint density at radius 3 is 2.06 bits per heavy atom. The fourth-order valence-electron chi connectivity index (χ4n) is 2.76. The fourth-order valence-corrected chi connectivity index (χ4v) is 2.76. The SMILES string of the molecule is C=C(/C=C(/C#Cc1ccc(N=Nc2ccc(OCC)cc2)cc1)c1ccccc1)CC. The van der Waals surface area contributed by atoms with Crippen LogP contribution in [0.25, 0.3) is 5.57 Å². The number of hydrogen-bond acceptors (Lipinski definition) is 3. The number of allylic oxidation sites excluding steroid dienone is 3. The molecule has 0 heterocycles. The Labute approximate surface area is 184 Å². The molecule has 0 aliphatic carbocycles. The number of rotatable bonds is 7. The molecule has 3 rings (SSSR count). The summed E-state index contributed by atoms with van der Waals surface area (Å²) in [6.07, 6.45) is 2.95. The molecular weight excluding hydrogens is 380 g/mol. The molecule has 3 nitrogen and oxygen atoms in total. The van der Waals surface area contributed by atoms with Crippen LogP contribution in [-0.2, 0) is 0 Å². The van der Waals surface area contributed by atoms with E-state index in [-0.39, 0.29) is 0 Å². The molecule has 0 aromatic heterocycles. The summed E-state index contributed by atoms with van der Waals surface area (Å²) < 4.78 is 5.44. The third kappa shape index (κ3) is 6.83. The normalized spacial score (nSPS) is 11.1. The molecule has 0 saturated heterocycles. The smallest absolute Gasteiger partial charge is 0.119 e. The minimum Gasteiger partial charge on any atom is -0.494 e. The lowest BCUT2D eigenvalue weighted by Crippen LogP contribution is -1.89. The first-order chi connectivity index (χ1) is 15.2. The third-order valence-electron chi connectivity index (χ3n) is 4.52. The Morgan fingerprint density at radius 2 is 1.48 bits per heavy atom. The van der Waals surface area contributed by atoms with Crippen LogP contribution in [0, 0.1) is 11.8 Å². The van der Waals surface area contributed by atoms with E-state index in [2.05, 4.69) is 53.8 Å². The summed E-state index contributed by atoms with van der Waals surface area (Å²) >= 11 is 0. The molecule has 0 fully saturated rings. The Morgan fingerprint density at radius 1 is 0.871 bits per heavy atom. The highest BCUT2D eigenvalue weighted by Crippen LogP contribution is 2.22. The lowest BCUT2D eigenvalue weighted by molar-refractivity contribution is 0.340. The van der Waals surface area contributed by atoms with Gasteiger partial charge in [0.15, 0.2) is 0 Å². The molecule has 0 amide bonds. The summed E-state index contributed by atoms with van der Waals surface area (Å²) in [6.45, 7) is 8.79. The van der Waals surface area contributed by atoms with Gasteiger partial charge in [0, 0.05) is 11.1 Å². The number of hydrogen-bond donors (Lipinski definition) is 0. The van der Waals surface area contributed by atoms with Crippen molar-refractivity contribution in [2.24, 2.45) is 10.2 Å². The van der Waals surface area contributed by atoms with Crippen LogP contribution >= 0.6 is 0 Å². The number of benzene rings is 3. The molecule has 3 heteroatoms. The van der Waals surface area contributed by atoms with Gasteiger partial charge in [0.2, 0.25) is 0 Å². The highest BCUT2D eigenvalue weighted by Gasteiger charge is 1.99. The van der Waals surface area contributed by atoms with Crippen LogP contribution in [0.1, 0.15) is 31.4 Å². The summed E-state index contributed by atoms with van der Waals surface area (Å²) in [7, 11) is 0. The van der Waals surface area contributed by atoms with Gasteiger partial charge in [0.05, 0.1) is 18.0 Å².